The third-order valence-electron chi connectivity index (χ3n) is 5.60. The van der Waals surface area contributed by atoms with Gasteiger partial charge in [-0.25, -0.2) is 4.90 Å². The largest absolute Gasteiger partial charge is 0.350 e. The first-order valence-corrected chi connectivity index (χ1v) is 12.4. The molecule has 0 atom stereocenters. The second kappa shape index (κ2) is 11.2. The van der Waals surface area contributed by atoms with Gasteiger partial charge in [0.15, 0.2) is 0 Å². The average Bonchev–Trinajstić information content (AvgIpc) is 3.08. The van der Waals surface area contributed by atoms with Gasteiger partial charge in [0.25, 0.3) is 17.7 Å². The number of unbranched alkanes of at least 4 members (excludes halogenated alkanes) is 1. The van der Waals surface area contributed by atoms with Gasteiger partial charge in [-0.2, -0.15) is 0 Å². The van der Waals surface area contributed by atoms with Crippen LogP contribution in [0.2, 0.25) is 10.0 Å². The topological polar surface area (TPSA) is 78.5 Å². The molecule has 184 valence electrons. The maximum atomic E-state index is 13.1. The van der Waals surface area contributed by atoms with Gasteiger partial charge in [0.2, 0.25) is 0 Å². The Balaban J connectivity index is 1.49. The molecule has 0 bridgehead atoms. The normalized spacial score (nSPS) is 13.4. The zero-order chi connectivity index (χ0) is 25.8. The van der Waals surface area contributed by atoms with E-state index in [1.54, 1.807) is 30.3 Å². The number of anilines is 3. The van der Waals surface area contributed by atoms with Crippen molar-refractivity contribution < 1.29 is 14.4 Å². The third kappa shape index (κ3) is 5.57. The molecule has 0 aliphatic carbocycles. The predicted octanol–water partition coefficient (Wildman–Crippen LogP) is 7.02. The minimum Gasteiger partial charge on any atom is -0.350 e. The first-order valence-electron chi connectivity index (χ1n) is 11.3. The van der Waals surface area contributed by atoms with Crippen LogP contribution in [-0.4, -0.2) is 17.7 Å². The molecule has 0 fully saturated rings. The van der Waals surface area contributed by atoms with Crippen LogP contribution in [0.3, 0.4) is 0 Å². The summed E-state index contributed by atoms with van der Waals surface area (Å²) in [5.41, 5.74) is 2.66. The Hall–Kier alpha value is -3.32. The molecule has 1 aliphatic rings. The Bertz CT molecular complexity index is 1370. The van der Waals surface area contributed by atoms with Gasteiger partial charge in [0.1, 0.15) is 10.7 Å². The van der Waals surface area contributed by atoms with E-state index in [0.29, 0.717) is 22.0 Å². The Morgan fingerprint density at radius 1 is 0.889 bits per heavy atom. The SMILES string of the molecule is CCCCc1ccc(NC(=O)c2cccc(NC3=C(Cl)C(=O)N(c4cc(Cl)ccc4Cl)C3=O)c2)cc1. The van der Waals surface area contributed by atoms with E-state index in [1.165, 1.54) is 17.7 Å². The van der Waals surface area contributed by atoms with E-state index in [1.807, 2.05) is 24.3 Å². The molecule has 0 unspecified atom stereocenters. The Labute approximate surface area is 223 Å². The smallest absolute Gasteiger partial charge is 0.283 e. The number of halogens is 3. The van der Waals surface area contributed by atoms with Crippen LogP contribution in [-0.2, 0) is 16.0 Å². The van der Waals surface area contributed by atoms with E-state index in [0.717, 1.165) is 24.2 Å². The van der Waals surface area contributed by atoms with Gasteiger partial charge < -0.3 is 10.6 Å². The first-order chi connectivity index (χ1) is 17.3. The number of hydrogen-bond donors (Lipinski definition) is 2. The van der Waals surface area contributed by atoms with Crippen molar-refractivity contribution in [3.63, 3.8) is 0 Å². The number of rotatable bonds is 8. The fourth-order valence-electron chi connectivity index (χ4n) is 3.71. The van der Waals surface area contributed by atoms with E-state index < -0.39 is 11.8 Å². The van der Waals surface area contributed by atoms with Crippen molar-refractivity contribution >= 4 is 69.6 Å². The van der Waals surface area contributed by atoms with E-state index >= 15 is 0 Å². The lowest BCUT2D eigenvalue weighted by Gasteiger charge is -2.17. The second-order valence-corrected chi connectivity index (χ2v) is 9.41. The third-order valence-corrected chi connectivity index (χ3v) is 6.51. The molecular formula is C27H22Cl3N3O3. The lowest BCUT2D eigenvalue weighted by molar-refractivity contribution is -0.120. The van der Waals surface area contributed by atoms with Crippen molar-refractivity contribution in [1.29, 1.82) is 0 Å². The highest BCUT2D eigenvalue weighted by molar-refractivity contribution is 6.54. The fourth-order valence-corrected chi connectivity index (χ4v) is 4.29. The molecule has 0 spiro atoms. The number of amides is 3. The number of nitrogens with zero attached hydrogens (tertiary/aromatic N) is 1. The van der Waals surface area contributed by atoms with Crippen LogP contribution in [0.5, 0.6) is 0 Å². The number of hydrogen-bond acceptors (Lipinski definition) is 4. The lowest BCUT2D eigenvalue weighted by atomic mass is 10.1. The molecule has 2 N–H and O–H groups in total. The molecular weight excluding hydrogens is 521 g/mol. The highest BCUT2D eigenvalue weighted by Gasteiger charge is 2.40. The van der Waals surface area contributed by atoms with Crippen LogP contribution in [0.15, 0.2) is 77.5 Å². The van der Waals surface area contributed by atoms with E-state index in [2.05, 4.69) is 17.6 Å². The van der Waals surface area contributed by atoms with Gasteiger partial charge in [-0.1, -0.05) is 66.3 Å². The van der Waals surface area contributed by atoms with Crippen LogP contribution >= 0.6 is 34.8 Å². The summed E-state index contributed by atoms with van der Waals surface area (Å²) < 4.78 is 0. The number of imide groups is 1. The summed E-state index contributed by atoms with van der Waals surface area (Å²) in [6.45, 7) is 2.15. The maximum absolute atomic E-state index is 13.1. The molecule has 4 rings (SSSR count). The van der Waals surface area contributed by atoms with Gasteiger partial charge in [0, 0.05) is 22.0 Å². The van der Waals surface area contributed by atoms with Crippen molar-refractivity contribution in [2.24, 2.45) is 0 Å². The van der Waals surface area contributed by atoms with Crippen LogP contribution in [0, 0.1) is 0 Å². The van der Waals surface area contributed by atoms with Gasteiger partial charge in [-0.3, -0.25) is 14.4 Å². The van der Waals surface area contributed by atoms with Crippen LogP contribution in [0.25, 0.3) is 0 Å². The van der Waals surface area contributed by atoms with Crippen LogP contribution in [0.1, 0.15) is 35.7 Å². The van der Waals surface area contributed by atoms with E-state index in [4.69, 9.17) is 34.8 Å². The second-order valence-electron chi connectivity index (χ2n) is 8.19. The fraction of sp³-hybridized carbons (Fsp3) is 0.148. The number of aryl methyl sites for hydroxylation is 1. The monoisotopic (exact) mass is 541 g/mol. The van der Waals surface area contributed by atoms with Crippen molar-refractivity contribution in [3.8, 4) is 0 Å². The number of benzene rings is 3. The minimum atomic E-state index is -0.732. The zero-order valence-corrected chi connectivity index (χ0v) is 21.5. The maximum Gasteiger partial charge on any atom is 0.283 e. The molecule has 3 aromatic rings. The Kier molecular flexibility index (Phi) is 7.99. The standard InChI is InChI=1S/C27H22Cl3N3O3/c1-2-3-5-16-8-11-19(12-9-16)32-25(34)17-6-4-7-20(14-17)31-24-23(30)26(35)33(27(24)36)22-15-18(28)10-13-21(22)29/h4,6-15,31H,2-3,5H2,1H3,(H,32,34). The highest BCUT2D eigenvalue weighted by Crippen LogP contribution is 2.35. The summed E-state index contributed by atoms with van der Waals surface area (Å²) in [6, 6.07) is 18.7. The Morgan fingerprint density at radius 2 is 1.64 bits per heavy atom. The van der Waals surface area contributed by atoms with E-state index in [-0.39, 0.29) is 27.3 Å². The van der Waals surface area contributed by atoms with Crippen LogP contribution in [0.4, 0.5) is 17.1 Å². The quantitative estimate of drug-likeness (QED) is 0.300. The molecule has 0 saturated heterocycles. The molecule has 9 heteroatoms. The molecule has 0 aromatic heterocycles. The zero-order valence-electron chi connectivity index (χ0n) is 19.3. The molecule has 6 nitrogen and oxygen atoms in total. The summed E-state index contributed by atoms with van der Waals surface area (Å²) in [5.74, 6) is -1.74. The summed E-state index contributed by atoms with van der Waals surface area (Å²) in [5, 5.41) is 5.92. The van der Waals surface area contributed by atoms with Crippen molar-refractivity contribution in [1.82, 2.24) is 0 Å². The van der Waals surface area contributed by atoms with E-state index in [9.17, 15) is 14.4 Å². The molecule has 1 aliphatic heterocycles. The summed E-state index contributed by atoms with van der Waals surface area (Å²) in [6.07, 6.45) is 3.24. The summed E-state index contributed by atoms with van der Waals surface area (Å²) in [4.78, 5) is 39.5. The van der Waals surface area contributed by atoms with Gasteiger partial charge in [-0.15, -0.1) is 0 Å². The average molecular weight is 543 g/mol. The molecule has 3 aromatic carbocycles. The lowest BCUT2D eigenvalue weighted by Crippen LogP contribution is -2.32. The molecule has 1 heterocycles. The van der Waals surface area contributed by atoms with Gasteiger partial charge in [-0.05, 0) is 66.9 Å². The number of carbonyl (C=O) groups excluding carboxylic acids is 3. The summed E-state index contributed by atoms with van der Waals surface area (Å²) in [7, 11) is 0. The summed E-state index contributed by atoms with van der Waals surface area (Å²) >= 11 is 18.4. The molecule has 0 radical (unpaired) electrons. The molecule has 0 saturated carbocycles. The van der Waals surface area contributed by atoms with Gasteiger partial charge in [0.05, 0.1) is 10.7 Å². The van der Waals surface area contributed by atoms with Crippen molar-refractivity contribution in [3.05, 3.63) is 98.6 Å². The molecule has 3 amide bonds. The predicted molar refractivity (Wildman–Crippen MR) is 145 cm³/mol. The van der Waals surface area contributed by atoms with Crippen molar-refractivity contribution in [2.45, 2.75) is 26.2 Å². The molecule has 36 heavy (non-hydrogen) atoms. The van der Waals surface area contributed by atoms with Crippen LogP contribution < -0.4 is 15.5 Å². The minimum absolute atomic E-state index is 0.127. The first kappa shape index (κ1) is 25.8. The number of carbonyl (C=O) groups is 3. The van der Waals surface area contributed by atoms with Crippen molar-refractivity contribution in [2.75, 3.05) is 15.5 Å². The number of nitrogens with one attached hydrogen (secondary N) is 2. The van der Waals surface area contributed by atoms with Gasteiger partial charge >= 0.3 is 0 Å². The highest BCUT2D eigenvalue weighted by atomic mass is 35.5. The Morgan fingerprint density at radius 3 is 2.36 bits per heavy atom.